The topological polar surface area (TPSA) is 75.7 Å². The van der Waals surface area contributed by atoms with E-state index in [4.69, 9.17) is 4.74 Å². The molecule has 0 fully saturated rings. The van der Waals surface area contributed by atoms with Gasteiger partial charge in [0.25, 0.3) is 0 Å². The van der Waals surface area contributed by atoms with E-state index in [0.717, 1.165) is 16.7 Å². The van der Waals surface area contributed by atoms with Crippen molar-refractivity contribution < 1.29 is 17.9 Å². The van der Waals surface area contributed by atoms with E-state index in [2.05, 4.69) is 5.32 Å². The number of nitrogens with one attached hydrogen (secondary N) is 1. The molecule has 0 unspecified atom stereocenters. The Morgan fingerprint density at radius 3 is 2.16 bits per heavy atom. The van der Waals surface area contributed by atoms with E-state index >= 15 is 0 Å². The standard InChI is InChI=1S/C25H28N2O4S/c1-18-9-8-10-19(2)25(18)26-24(28)17-27(16-21-11-6-5-7-12-21)32(29,30)22-13-14-23(31-4)20(3)15-22/h5-15H,16-17H2,1-4H3,(H,26,28). The van der Waals surface area contributed by atoms with Crippen LogP contribution in [-0.2, 0) is 21.4 Å². The zero-order valence-corrected chi connectivity index (χ0v) is 19.6. The largest absolute Gasteiger partial charge is 0.496 e. The van der Waals surface area contributed by atoms with Crippen LogP contribution in [0.25, 0.3) is 0 Å². The first-order valence-electron chi connectivity index (χ1n) is 10.3. The first-order chi connectivity index (χ1) is 15.2. The third kappa shape index (κ3) is 5.36. The van der Waals surface area contributed by atoms with Crippen LogP contribution < -0.4 is 10.1 Å². The van der Waals surface area contributed by atoms with Gasteiger partial charge in [-0.2, -0.15) is 4.31 Å². The van der Waals surface area contributed by atoms with Crippen molar-refractivity contribution in [2.75, 3.05) is 19.0 Å². The minimum Gasteiger partial charge on any atom is -0.496 e. The van der Waals surface area contributed by atoms with Crippen LogP contribution in [0.5, 0.6) is 5.75 Å². The average Bonchev–Trinajstić information content (AvgIpc) is 2.76. The molecule has 3 aromatic carbocycles. The number of sulfonamides is 1. The molecular weight excluding hydrogens is 424 g/mol. The number of anilines is 1. The Labute approximate surface area is 189 Å². The summed E-state index contributed by atoms with van der Waals surface area (Å²) in [7, 11) is -2.40. The molecule has 0 aliphatic heterocycles. The molecule has 0 aliphatic rings. The highest BCUT2D eigenvalue weighted by Gasteiger charge is 2.28. The van der Waals surface area contributed by atoms with Crippen LogP contribution >= 0.6 is 0 Å². The van der Waals surface area contributed by atoms with Gasteiger partial charge in [-0.1, -0.05) is 48.5 Å². The number of ether oxygens (including phenoxy) is 1. The third-order valence-corrected chi connectivity index (χ3v) is 7.06. The summed E-state index contributed by atoms with van der Waals surface area (Å²) in [6.45, 7) is 5.36. The fourth-order valence-corrected chi connectivity index (χ4v) is 4.99. The molecule has 0 aliphatic carbocycles. The third-order valence-electron chi connectivity index (χ3n) is 5.27. The second-order valence-corrected chi connectivity index (χ2v) is 9.64. The van der Waals surface area contributed by atoms with Crippen LogP contribution in [0.3, 0.4) is 0 Å². The number of hydrogen-bond donors (Lipinski definition) is 1. The Balaban J connectivity index is 1.92. The molecule has 32 heavy (non-hydrogen) atoms. The van der Waals surface area contributed by atoms with E-state index in [9.17, 15) is 13.2 Å². The molecule has 0 aromatic heterocycles. The van der Waals surface area contributed by atoms with Gasteiger partial charge in [0.15, 0.2) is 0 Å². The van der Waals surface area contributed by atoms with Crippen molar-refractivity contribution in [3.05, 3.63) is 89.0 Å². The monoisotopic (exact) mass is 452 g/mol. The van der Waals surface area contributed by atoms with E-state index in [1.807, 2.05) is 62.4 Å². The number of amides is 1. The Hall–Kier alpha value is -3.16. The molecule has 1 amide bonds. The quantitative estimate of drug-likeness (QED) is 0.548. The smallest absolute Gasteiger partial charge is 0.243 e. The lowest BCUT2D eigenvalue weighted by Crippen LogP contribution is -2.37. The van der Waals surface area contributed by atoms with Crippen LogP contribution in [0, 0.1) is 20.8 Å². The molecule has 6 nitrogen and oxygen atoms in total. The number of benzene rings is 3. The Kier molecular flexibility index (Phi) is 7.33. The normalized spacial score (nSPS) is 11.4. The second kappa shape index (κ2) is 9.97. The van der Waals surface area contributed by atoms with Crippen molar-refractivity contribution in [2.45, 2.75) is 32.2 Å². The van der Waals surface area contributed by atoms with Crippen LogP contribution in [0.2, 0.25) is 0 Å². The molecular formula is C25H28N2O4S. The van der Waals surface area contributed by atoms with E-state index in [-0.39, 0.29) is 18.0 Å². The molecule has 1 N–H and O–H groups in total. The summed E-state index contributed by atoms with van der Waals surface area (Å²) in [4.78, 5) is 13.0. The molecule has 168 valence electrons. The number of carbonyl (C=O) groups excluding carboxylic acids is 1. The van der Waals surface area contributed by atoms with E-state index in [1.165, 1.54) is 17.5 Å². The Morgan fingerprint density at radius 1 is 0.906 bits per heavy atom. The molecule has 7 heteroatoms. The summed E-state index contributed by atoms with van der Waals surface area (Å²) in [5.41, 5.74) is 4.03. The van der Waals surface area contributed by atoms with Crippen molar-refractivity contribution >= 4 is 21.6 Å². The lowest BCUT2D eigenvalue weighted by molar-refractivity contribution is -0.116. The van der Waals surface area contributed by atoms with Gasteiger partial charge < -0.3 is 10.1 Å². The SMILES string of the molecule is COc1ccc(S(=O)(=O)N(CC(=O)Nc2c(C)cccc2C)Cc2ccccc2)cc1C. The lowest BCUT2D eigenvalue weighted by Gasteiger charge is -2.23. The number of nitrogens with zero attached hydrogens (tertiary/aromatic N) is 1. The Morgan fingerprint density at radius 2 is 1.56 bits per heavy atom. The van der Waals surface area contributed by atoms with Crippen LogP contribution in [0.4, 0.5) is 5.69 Å². The van der Waals surface area contributed by atoms with Gasteiger partial charge in [-0.05, 0) is 61.2 Å². The van der Waals surface area contributed by atoms with Crippen LogP contribution in [-0.4, -0.2) is 32.3 Å². The van der Waals surface area contributed by atoms with Crippen LogP contribution in [0.1, 0.15) is 22.3 Å². The first-order valence-corrected chi connectivity index (χ1v) is 11.7. The molecule has 0 atom stereocenters. The van der Waals surface area contributed by atoms with Gasteiger partial charge in [-0.15, -0.1) is 0 Å². The zero-order valence-electron chi connectivity index (χ0n) is 18.8. The molecule has 3 aromatic rings. The summed E-state index contributed by atoms with van der Waals surface area (Å²) < 4.78 is 33.5. The molecule has 0 saturated carbocycles. The molecule has 0 spiro atoms. The molecule has 0 bridgehead atoms. The van der Waals surface area contributed by atoms with Gasteiger partial charge in [0.1, 0.15) is 5.75 Å². The maximum Gasteiger partial charge on any atom is 0.243 e. The van der Waals surface area contributed by atoms with E-state index in [0.29, 0.717) is 17.0 Å². The molecule has 0 heterocycles. The Bertz CT molecular complexity index is 1190. The van der Waals surface area contributed by atoms with Gasteiger partial charge in [-0.25, -0.2) is 8.42 Å². The van der Waals surface area contributed by atoms with Crippen LogP contribution in [0.15, 0.2) is 71.6 Å². The van der Waals surface area contributed by atoms with Gasteiger partial charge in [-0.3, -0.25) is 4.79 Å². The number of rotatable bonds is 8. The van der Waals surface area contributed by atoms with Crippen molar-refractivity contribution in [3.63, 3.8) is 0 Å². The molecule has 0 saturated heterocycles. The average molecular weight is 453 g/mol. The molecule has 3 rings (SSSR count). The lowest BCUT2D eigenvalue weighted by atomic mass is 10.1. The van der Waals surface area contributed by atoms with Crippen molar-refractivity contribution in [1.82, 2.24) is 4.31 Å². The van der Waals surface area contributed by atoms with Gasteiger partial charge in [0.2, 0.25) is 15.9 Å². The summed E-state index contributed by atoms with van der Waals surface area (Å²) in [5, 5.41) is 2.88. The number of aryl methyl sites for hydroxylation is 3. The highest BCUT2D eigenvalue weighted by Crippen LogP contribution is 2.25. The minimum atomic E-state index is -3.94. The van der Waals surface area contributed by atoms with Crippen molar-refractivity contribution in [2.24, 2.45) is 0 Å². The van der Waals surface area contributed by atoms with Crippen molar-refractivity contribution in [1.29, 1.82) is 0 Å². The van der Waals surface area contributed by atoms with Gasteiger partial charge in [0.05, 0.1) is 18.6 Å². The zero-order chi connectivity index (χ0) is 23.3. The summed E-state index contributed by atoms with van der Waals surface area (Å²) in [6, 6.07) is 19.6. The number of carbonyl (C=O) groups is 1. The number of hydrogen-bond acceptors (Lipinski definition) is 4. The minimum absolute atomic E-state index is 0.0778. The fourth-order valence-electron chi connectivity index (χ4n) is 3.52. The predicted octanol–water partition coefficient (Wildman–Crippen LogP) is 4.45. The van der Waals surface area contributed by atoms with Gasteiger partial charge >= 0.3 is 0 Å². The van der Waals surface area contributed by atoms with E-state index in [1.54, 1.807) is 19.1 Å². The first kappa shape index (κ1) is 23.5. The molecule has 0 radical (unpaired) electrons. The maximum absolute atomic E-state index is 13.5. The summed E-state index contributed by atoms with van der Waals surface area (Å²) in [5.74, 6) is 0.207. The summed E-state index contributed by atoms with van der Waals surface area (Å²) >= 11 is 0. The highest BCUT2D eigenvalue weighted by atomic mass is 32.2. The fraction of sp³-hybridized carbons (Fsp3) is 0.240. The number of para-hydroxylation sites is 1. The van der Waals surface area contributed by atoms with Gasteiger partial charge in [0, 0.05) is 12.2 Å². The maximum atomic E-state index is 13.5. The predicted molar refractivity (Wildman–Crippen MR) is 126 cm³/mol. The number of methoxy groups -OCH3 is 1. The highest BCUT2D eigenvalue weighted by molar-refractivity contribution is 7.89. The summed E-state index contributed by atoms with van der Waals surface area (Å²) in [6.07, 6.45) is 0. The van der Waals surface area contributed by atoms with Crippen molar-refractivity contribution in [3.8, 4) is 5.75 Å². The van der Waals surface area contributed by atoms with E-state index < -0.39 is 15.9 Å². The second-order valence-electron chi connectivity index (χ2n) is 7.71.